The molecular formula is C24H26N2O6. The predicted molar refractivity (Wildman–Crippen MR) is 116 cm³/mol. The van der Waals surface area contributed by atoms with Crippen molar-refractivity contribution in [2.45, 2.75) is 30.8 Å². The summed E-state index contributed by atoms with van der Waals surface area (Å²) in [4.78, 5) is 37.9. The van der Waals surface area contributed by atoms with Gasteiger partial charge in [-0.1, -0.05) is 48.5 Å². The number of methoxy groups -OCH3 is 1. The van der Waals surface area contributed by atoms with Crippen molar-refractivity contribution in [1.29, 1.82) is 0 Å². The highest BCUT2D eigenvalue weighted by atomic mass is 16.5. The van der Waals surface area contributed by atoms with E-state index in [2.05, 4.69) is 17.4 Å². The molecule has 4 rings (SSSR count). The van der Waals surface area contributed by atoms with Crippen LogP contribution < -0.4 is 5.32 Å². The second-order valence-corrected chi connectivity index (χ2v) is 8.07. The number of hydrogen-bond acceptors (Lipinski definition) is 5. The average molecular weight is 438 g/mol. The lowest BCUT2D eigenvalue weighted by atomic mass is 9.98. The molecule has 0 heterocycles. The fraction of sp³-hybridized carbons (Fsp3) is 0.375. The van der Waals surface area contributed by atoms with Crippen LogP contribution in [0.3, 0.4) is 0 Å². The number of nitrogens with one attached hydrogen (secondary N) is 1. The number of alkyl carbamates (subject to hydrolysis) is 1. The minimum Gasteiger partial charge on any atom is -0.480 e. The van der Waals surface area contributed by atoms with Crippen LogP contribution in [0.4, 0.5) is 4.79 Å². The van der Waals surface area contributed by atoms with Gasteiger partial charge in [0.15, 0.2) is 0 Å². The molecule has 0 aliphatic heterocycles. The van der Waals surface area contributed by atoms with E-state index in [1.165, 1.54) is 12.0 Å². The van der Waals surface area contributed by atoms with Crippen molar-refractivity contribution in [2.75, 3.05) is 26.9 Å². The summed E-state index contributed by atoms with van der Waals surface area (Å²) in [5.41, 5.74) is 4.43. The van der Waals surface area contributed by atoms with Crippen LogP contribution in [0.15, 0.2) is 48.5 Å². The molecule has 0 bridgehead atoms. The number of carboxylic acid groups (broad SMARTS) is 1. The molecule has 2 aromatic carbocycles. The van der Waals surface area contributed by atoms with Gasteiger partial charge in [0.2, 0.25) is 5.91 Å². The van der Waals surface area contributed by atoms with Crippen LogP contribution >= 0.6 is 0 Å². The van der Waals surface area contributed by atoms with Gasteiger partial charge in [-0.25, -0.2) is 4.79 Å². The minimum atomic E-state index is -1.09. The normalized spacial score (nSPS) is 15.4. The lowest BCUT2D eigenvalue weighted by molar-refractivity contribution is -0.146. The maximum atomic E-state index is 12.9. The standard InChI is InChI=1S/C24H26N2O6/c1-31-14-21(23(29)26(12-22(27)28)15-10-11-15)25-24(30)32-13-20-18-8-4-2-6-16(18)17-7-3-5-9-19(17)20/h2-9,15,20-21H,10-14H2,1H3,(H,25,30)(H,27,28)/t21-/m0/s1. The molecule has 2 amide bonds. The fourth-order valence-electron chi connectivity index (χ4n) is 4.24. The van der Waals surface area contributed by atoms with E-state index in [-0.39, 0.29) is 25.2 Å². The largest absolute Gasteiger partial charge is 0.480 e. The Labute approximate surface area is 186 Å². The molecule has 0 saturated heterocycles. The van der Waals surface area contributed by atoms with Crippen LogP contribution in [0, 0.1) is 0 Å². The molecule has 1 saturated carbocycles. The molecule has 1 atom stereocenters. The van der Waals surface area contributed by atoms with Gasteiger partial charge in [0, 0.05) is 19.1 Å². The zero-order valence-corrected chi connectivity index (χ0v) is 17.8. The number of hydrogen-bond donors (Lipinski definition) is 2. The van der Waals surface area contributed by atoms with E-state index in [4.69, 9.17) is 14.6 Å². The molecular weight excluding hydrogens is 412 g/mol. The van der Waals surface area contributed by atoms with Crippen LogP contribution in [0.25, 0.3) is 11.1 Å². The number of amides is 2. The van der Waals surface area contributed by atoms with Gasteiger partial charge in [0.1, 0.15) is 19.2 Å². The first kappa shape index (κ1) is 21.8. The topological polar surface area (TPSA) is 105 Å². The van der Waals surface area contributed by atoms with Crippen LogP contribution in [0.1, 0.15) is 29.9 Å². The number of benzene rings is 2. The SMILES string of the molecule is COC[C@H](NC(=O)OCC1c2ccccc2-c2ccccc21)C(=O)N(CC(=O)O)C1CC1. The second-order valence-electron chi connectivity index (χ2n) is 8.07. The molecule has 1 fully saturated rings. The van der Waals surface area contributed by atoms with Gasteiger partial charge >= 0.3 is 12.1 Å². The highest BCUT2D eigenvalue weighted by molar-refractivity contribution is 5.88. The van der Waals surface area contributed by atoms with Crippen molar-refractivity contribution < 1.29 is 29.0 Å². The van der Waals surface area contributed by atoms with Crippen LogP contribution in [-0.2, 0) is 19.1 Å². The van der Waals surface area contributed by atoms with Gasteiger partial charge in [-0.3, -0.25) is 9.59 Å². The van der Waals surface area contributed by atoms with E-state index < -0.39 is 30.6 Å². The van der Waals surface area contributed by atoms with Crippen molar-refractivity contribution in [3.8, 4) is 11.1 Å². The Hall–Kier alpha value is -3.39. The van der Waals surface area contributed by atoms with E-state index in [1.807, 2.05) is 36.4 Å². The molecule has 168 valence electrons. The van der Waals surface area contributed by atoms with Crippen molar-refractivity contribution in [1.82, 2.24) is 10.2 Å². The van der Waals surface area contributed by atoms with Gasteiger partial charge in [-0.05, 0) is 35.1 Å². The molecule has 2 aliphatic rings. The van der Waals surface area contributed by atoms with Gasteiger partial charge in [0.05, 0.1) is 6.61 Å². The zero-order valence-electron chi connectivity index (χ0n) is 17.8. The lowest BCUT2D eigenvalue weighted by Gasteiger charge is -2.26. The number of carbonyl (C=O) groups excluding carboxylic acids is 2. The Kier molecular flexibility index (Phi) is 6.41. The van der Waals surface area contributed by atoms with E-state index in [0.717, 1.165) is 35.1 Å². The summed E-state index contributed by atoms with van der Waals surface area (Å²) < 4.78 is 10.6. The maximum absolute atomic E-state index is 12.9. The molecule has 8 nitrogen and oxygen atoms in total. The average Bonchev–Trinajstić information content (AvgIpc) is 3.58. The Bertz CT molecular complexity index is 974. The molecule has 2 aliphatic carbocycles. The summed E-state index contributed by atoms with van der Waals surface area (Å²) in [7, 11) is 1.42. The van der Waals surface area contributed by atoms with Crippen LogP contribution in [0.2, 0.25) is 0 Å². The van der Waals surface area contributed by atoms with Crippen molar-refractivity contribution in [2.24, 2.45) is 0 Å². The summed E-state index contributed by atoms with van der Waals surface area (Å²) >= 11 is 0. The molecule has 0 aromatic heterocycles. The lowest BCUT2D eigenvalue weighted by Crippen LogP contribution is -2.52. The summed E-state index contributed by atoms with van der Waals surface area (Å²) in [6.07, 6.45) is 0.765. The number of fused-ring (bicyclic) bond motifs is 3. The monoisotopic (exact) mass is 438 g/mol. The molecule has 0 radical (unpaired) electrons. The molecule has 8 heteroatoms. The molecule has 32 heavy (non-hydrogen) atoms. The number of carbonyl (C=O) groups is 3. The fourth-order valence-corrected chi connectivity index (χ4v) is 4.24. The summed E-state index contributed by atoms with van der Waals surface area (Å²) in [5.74, 6) is -1.67. The summed E-state index contributed by atoms with van der Waals surface area (Å²) in [6, 6.07) is 14.9. The highest BCUT2D eigenvalue weighted by Crippen LogP contribution is 2.44. The van der Waals surface area contributed by atoms with Crippen molar-refractivity contribution in [3.05, 3.63) is 59.7 Å². The van der Waals surface area contributed by atoms with E-state index in [1.54, 1.807) is 0 Å². The van der Waals surface area contributed by atoms with Crippen molar-refractivity contribution in [3.63, 3.8) is 0 Å². The smallest absolute Gasteiger partial charge is 0.407 e. The van der Waals surface area contributed by atoms with E-state index in [0.29, 0.717) is 0 Å². The number of aliphatic carboxylic acids is 1. The Morgan fingerprint density at radius 1 is 1.06 bits per heavy atom. The number of rotatable bonds is 9. The minimum absolute atomic E-state index is 0.0775. The van der Waals surface area contributed by atoms with Gasteiger partial charge in [0.25, 0.3) is 0 Å². The van der Waals surface area contributed by atoms with Gasteiger partial charge in [-0.15, -0.1) is 0 Å². The van der Waals surface area contributed by atoms with Crippen LogP contribution in [0.5, 0.6) is 0 Å². The van der Waals surface area contributed by atoms with Crippen LogP contribution in [-0.4, -0.2) is 66.9 Å². The third kappa shape index (κ3) is 4.60. The number of nitrogens with zero attached hydrogens (tertiary/aromatic N) is 1. The highest BCUT2D eigenvalue weighted by Gasteiger charge is 2.38. The molecule has 0 unspecified atom stereocenters. The first-order chi connectivity index (χ1) is 15.5. The van der Waals surface area contributed by atoms with Gasteiger partial charge < -0.3 is 24.8 Å². The van der Waals surface area contributed by atoms with E-state index in [9.17, 15) is 14.4 Å². The Balaban J connectivity index is 1.42. The predicted octanol–water partition coefficient (Wildman–Crippen LogP) is 2.62. The van der Waals surface area contributed by atoms with E-state index >= 15 is 0 Å². The molecule has 2 aromatic rings. The quantitative estimate of drug-likeness (QED) is 0.624. The second kappa shape index (κ2) is 9.40. The third-order valence-electron chi connectivity index (χ3n) is 5.84. The molecule has 0 spiro atoms. The first-order valence-corrected chi connectivity index (χ1v) is 10.6. The maximum Gasteiger partial charge on any atom is 0.407 e. The Morgan fingerprint density at radius 3 is 2.19 bits per heavy atom. The van der Waals surface area contributed by atoms with Crippen molar-refractivity contribution >= 4 is 18.0 Å². The number of ether oxygens (including phenoxy) is 2. The number of carboxylic acids is 1. The molecule has 2 N–H and O–H groups in total. The third-order valence-corrected chi connectivity index (χ3v) is 5.84. The van der Waals surface area contributed by atoms with Gasteiger partial charge in [-0.2, -0.15) is 0 Å². The Morgan fingerprint density at radius 2 is 1.66 bits per heavy atom. The summed E-state index contributed by atoms with van der Waals surface area (Å²) in [5, 5.41) is 11.7. The zero-order chi connectivity index (χ0) is 22.7. The summed E-state index contributed by atoms with van der Waals surface area (Å²) in [6.45, 7) is -0.364. The first-order valence-electron chi connectivity index (χ1n) is 10.6.